The van der Waals surface area contributed by atoms with Crippen molar-refractivity contribution in [2.45, 2.75) is 49.9 Å². The summed E-state index contributed by atoms with van der Waals surface area (Å²) in [5.41, 5.74) is 0.210. The molecule has 160 valence electrons. The number of benzene rings is 1. The highest BCUT2D eigenvalue weighted by Gasteiger charge is 2.55. The van der Waals surface area contributed by atoms with Crippen molar-refractivity contribution in [1.29, 1.82) is 0 Å². The van der Waals surface area contributed by atoms with Crippen LogP contribution < -0.4 is 5.32 Å². The molecule has 3 amide bonds. The van der Waals surface area contributed by atoms with E-state index in [9.17, 15) is 18.8 Å². The topological polar surface area (TPSA) is 79.0 Å². The summed E-state index contributed by atoms with van der Waals surface area (Å²) < 4.78 is 19.3. The van der Waals surface area contributed by atoms with E-state index in [2.05, 4.69) is 5.32 Å². The zero-order chi connectivity index (χ0) is 21.0. The van der Waals surface area contributed by atoms with Crippen LogP contribution in [0.2, 0.25) is 5.02 Å². The molecule has 4 atom stereocenters. The summed E-state index contributed by atoms with van der Waals surface area (Å²) in [4.78, 5) is 42.1. The molecule has 30 heavy (non-hydrogen) atoms. The van der Waals surface area contributed by atoms with E-state index in [1.807, 2.05) is 0 Å². The van der Waals surface area contributed by atoms with E-state index in [4.69, 9.17) is 16.3 Å². The van der Waals surface area contributed by atoms with E-state index in [0.717, 1.165) is 6.07 Å². The summed E-state index contributed by atoms with van der Waals surface area (Å²) in [7, 11) is 0. The van der Waals surface area contributed by atoms with E-state index in [-0.39, 0.29) is 28.5 Å². The number of ether oxygens (including phenoxy) is 1. The lowest BCUT2D eigenvalue weighted by Gasteiger charge is -2.40. The molecule has 4 fully saturated rings. The second-order valence-corrected chi connectivity index (χ2v) is 9.02. The molecule has 3 aliphatic heterocycles. The van der Waals surface area contributed by atoms with Crippen LogP contribution in [0, 0.1) is 11.7 Å². The third kappa shape index (κ3) is 3.46. The molecule has 0 bridgehead atoms. The van der Waals surface area contributed by atoms with Crippen LogP contribution in [0.3, 0.4) is 0 Å². The van der Waals surface area contributed by atoms with Crippen molar-refractivity contribution in [2.24, 2.45) is 5.92 Å². The highest BCUT2D eigenvalue weighted by atomic mass is 35.5. The van der Waals surface area contributed by atoms with Crippen molar-refractivity contribution in [3.63, 3.8) is 0 Å². The van der Waals surface area contributed by atoms with Crippen molar-refractivity contribution < 1.29 is 23.5 Å². The van der Waals surface area contributed by atoms with E-state index in [0.29, 0.717) is 38.5 Å². The van der Waals surface area contributed by atoms with Crippen LogP contribution in [0.15, 0.2) is 18.2 Å². The van der Waals surface area contributed by atoms with Gasteiger partial charge in [-0.3, -0.25) is 14.4 Å². The Bertz CT molecular complexity index is 908. The van der Waals surface area contributed by atoms with Crippen LogP contribution in [-0.4, -0.2) is 71.4 Å². The van der Waals surface area contributed by atoms with Gasteiger partial charge in [0.05, 0.1) is 17.2 Å². The molecular weight excluding hydrogens is 413 g/mol. The second-order valence-electron chi connectivity index (χ2n) is 8.61. The van der Waals surface area contributed by atoms with E-state index < -0.39 is 29.8 Å². The summed E-state index contributed by atoms with van der Waals surface area (Å²) in [6, 6.07) is 2.05. The minimum atomic E-state index is -0.712. The molecule has 3 heterocycles. The minimum absolute atomic E-state index is 0.0707. The summed E-state index contributed by atoms with van der Waals surface area (Å²) in [6.45, 7) is 1.53. The summed E-state index contributed by atoms with van der Waals surface area (Å²) in [5.74, 6) is -0.641. The fourth-order valence-electron chi connectivity index (χ4n) is 4.70. The van der Waals surface area contributed by atoms with Gasteiger partial charge in [0.25, 0.3) is 5.91 Å². The molecule has 0 aromatic heterocycles. The molecule has 4 unspecified atom stereocenters. The van der Waals surface area contributed by atoms with Crippen LogP contribution >= 0.6 is 11.6 Å². The maximum absolute atomic E-state index is 13.4. The number of hydrogen-bond acceptors (Lipinski definition) is 4. The highest BCUT2D eigenvalue weighted by molar-refractivity contribution is 6.31. The Kier molecular flexibility index (Phi) is 4.94. The van der Waals surface area contributed by atoms with Crippen LogP contribution in [-0.2, 0) is 14.3 Å². The average Bonchev–Trinajstić information content (AvgIpc) is 3.30. The molecule has 0 spiro atoms. The van der Waals surface area contributed by atoms with Crippen LogP contribution in [0.4, 0.5) is 4.39 Å². The van der Waals surface area contributed by atoms with Gasteiger partial charge < -0.3 is 19.9 Å². The van der Waals surface area contributed by atoms with Gasteiger partial charge in [0, 0.05) is 31.7 Å². The fourth-order valence-corrected chi connectivity index (χ4v) is 4.88. The summed E-state index contributed by atoms with van der Waals surface area (Å²) in [5, 5.41) is 2.70. The quantitative estimate of drug-likeness (QED) is 0.761. The maximum atomic E-state index is 13.4. The van der Waals surface area contributed by atoms with Gasteiger partial charge in [0.1, 0.15) is 17.9 Å². The molecule has 1 aromatic carbocycles. The van der Waals surface area contributed by atoms with Crippen molar-refractivity contribution >= 4 is 29.3 Å². The minimum Gasteiger partial charge on any atom is -0.376 e. The zero-order valence-electron chi connectivity index (χ0n) is 16.4. The zero-order valence-corrected chi connectivity index (χ0v) is 17.1. The largest absolute Gasteiger partial charge is 0.376 e. The van der Waals surface area contributed by atoms with Crippen LogP contribution in [0.25, 0.3) is 0 Å². The first-order valence-corrected chi connectivity index (χ1v) is 10.8. The highest BCUT2D eigenvalue weighted by Crippen LogP contribution is 2.35. The molecule has 1 aliphatic carbocycles. The van der Waals surface area contributed by atoms with Gasteiger partial charge in [-0.1, -0.05) is 11.6 Å². The Morgan fingerprint density at radius 3 is 2.73 bits per heavy atom. The summed E-state index contributed by atoms with van der Waals surface area (Å²) in [6.07, 6.45) is 3.29. The smallest absolute Gasteiger partial charge is 0.251 e. The standard InChI is InChI=1S/C21H23ClFN3O4/c22-14-7-12(3-4-15(14)23)19(27)24-16-5-6-25-18(16)21(29)26-9-13(8-17(26)20(25)28)30-10-11-1-2-11/h3-4,7,11,13,16-18H,1-2,5-6,8-10H2,(H,24,27). The van der Waals surface area contributed by atoms with Crippen molar-refractivity contribution in [3.8, 4) is 0 Å². The monoisotopic (exact) mass is 435 g/mol. The molecule has 1 aromatic rings. The number of nitrogens with zero attached hydrogens (tertiary/aromatic N) is 2. The molecule has 1 saturated carbocycles. The van der Waals surface area contributed by atoms with E-state index in [1.54, 1.807) is 9.80 Å². The molecule has 4 aliphatic rings. The third-order valence-corrected chi connectivity index (χ3v) is 6.82. The SMILES string of the molecule is O=C(NC1CCN2C(=O)C3CC(OCC4CC4)CN3C(=O)C12)c1ccc(F)c(Cl)c1. The number of halogens is 2. The van der Waals surface area contributed by atoms with E-state index in [1.165, 1.54) is 25.0 Å². The normalized spacial score (nSPS) is 30.5. The lowest BCUT2D eigenvalue weighted by atomic mass is 10.0. The number of nitrogens with one attached hydrogen (secondary N) is 1. The number of fused-ring (bicyclic) bond motifs is 2. The van der Waals surface area contributed by atoms with Crippen molar-refractivity contribution in [2.75, 3.05) is 19.7 Å². The number of carbonyl (C=O) groups excluding carboxylic acids is 3. The van der Waals surface area contributed by atoms with E-state index >= 15 is 0 Å². The van der Waals surface area contributed by atoms with Gasteiger partial charge in [0.15, 0.2) is 0 Å². The summed E-state index contributed by atoms with van der Waals surface area (Å²) >= 11 is 5.77. The molecule has 9 heteroatoms. The number of amides is 3. The molecule has 1 N–H and O–H groups in total. The Hall–Kier alpha value is -2.19. The lowest BCUT2D eigenvalue weighted by Crippen LogP contribution is -2.64. The second kappa shape index (κ2) is 7.50. The number of carbonyl (C=O) groups is 3. The Morgan fingerprint density at radius 1 is 1.20 bits per heavy atom. The predicted octanol–water partition coefficient (Wildman–Crippen LogP) is 1.59. The third-order valence-electron chi connectivity index (χ3n) is 6.53. The first-order valence-electron chi connectivity index (χ1n) is 10.4. The first-order chi connectivity index (χ1) is 14.4. The maximum Gasteiger partial charge on any atom is 0.251 e. The number of piperazine rings is 1. The first kappa shape index (κ1) is 19.8. The lowest BCUT2D eigenvalue weighted by molar-refractivity contribution is -0.157. The molecule has 0 radical (unpaired) electrons. The number of hydrogen-bond donors (Lipinski definition) is 1. The Balaban J connectivity index is 1.28. The van der Waals surface area contributed by atoms with Crippen LogP contribution in [0.1, 0.15) is 36.0 Å². The van der Waals surface area contributed by atoms with Gasteiger partial charge in [-0.2, -0.15) is 0 Å². The van der Waals surface area contributed by atoms with Gasteiger partial charge in [-0.15, -0.1) is 0 Å². The molecule has 7 nitrogen and oxygen atoms in total. The van der Waals surface area contributed by atoms with Gasteiger partial charge in [0.2, 0.25) is 11.8 Å². The molecular formula is C21H23ClFN3O4. The predicted molar refractivity (Wildman–Crippen MR) is 105 cm³/mol. The Labute approximate surface area is 178 Å². The Morgan fingerprint density at radius 2 is 2.00 bits per heavy atom. The fraction of sp³-hybridized carbons (Fsp3) is 0.571. The van der Waals surface area contributed by atoms with Crippen molar-refractivity contribution in [3.05, 3.63) is 34.6 Å². The molecule has 3 saturated heterocycles. The average molecular weight is 436 g/mol. The van der Waals surface area contributed by atoms with Gasteiger partial charge >= 0.3 is 0 Å². The van der Waals surface area contributed by atoms with Gasteiger partial charge in [-0.25, -0.2) is 4.39 Å². The number of rotatable bonds is 5. The van der Waals surface area contributed by atoms with Crippen LogP contribution in [0.5, 0.6) is 0 Å². The van der Waals surface area contributed by atoms with Crippen molar-refractivity contribution in [1.82, 2.24) is 15.1 Å². The van der Waals surface area contributed by atoms with Gasteiger partial charge in [-0.05, 0) is 43.4 Å². The molecule has 5 rings (SSSR count).